The van der Waals surface area contributed by atoms with Crippen LogP contribution >= 0.6 is 0 Å². The molecule has 0 amide bonds. The Morgan fingerprint density at radius 3 is 2.14 bits per heavy atom. The average Bonchev–Trinajstić information content (AvgIpc) is 2.77. The quantitative estimate of drug-likeness (QED) is 0.102. The van der Waals surface area contributed by atoms with Crippen LogP contribution in [0.1, 0.15) is 96.3 Å². The van der Waals surface area contributed by atoms with Gasteiger partial charge in [-0.05, 0) is 78.4 Å². The molecular weight excluding hydrogens is 482 g/mol. The molecule has 10 nitrogen and oxygen atoms in total. The van der Waals surface area contributed by atoms with E-state index in [2.05, 4.69) is 4.84 Å². The molecule has 0 fully saturated rings. The van der Waals surface area contributed by atoms with E-state index in [0.29, 0.717) is 32.3 Å². The molecule has 10 heteroatoms. The van der Waals surface area contributed by atoms with E-state index in [-0.39, 0.29) is 30.8 Å². The highest BCUT2D eigenvalue weighted by molar-refractivity contribution is 5.93. The smallest absolute Gasteiger partial charge is 0.341 e. The number of unbranched alkanes of at least 4 members (excludes halogenated alkanes) is 3. The fourth-order valence-electron chi connectivity index (χ4n) is 3.54. The molecule has 0 heterocycles. The van der Waals surface area contributed by atoms with Crippen molar-refractivity contribution in [2.24, 2.45) is 5.90 Å². The Morgan fingerprint density at radius 1 is 0.811 bits per heavy atom. The predicted octanol–water partition coefficient (Wildman–Crippen LogP) is 4.42. The summed E-state index contributed by atoms with van der Waals surface area (Å²) >= 11 is 0. The van der Waals surface area contributed by atoms with Crippen LogP contribution < -0.4 is 10.6 Å². The van der Waals surface area contributed by atoms with Crippen LogP contribution in [0.4, 0.5) is 0 Å². The first-order chi connectivity index (χ1) is 17.3. The highest BCUT2D eigenvalue weighted by Gasteiger charge is 2.30. The lowest BCUT2D eigenvalue weighted by Gasteiger charge is -2.29. The van der Waals surface area contributed by atoms with Crippen LogP contribution in [-0.2, 0) is 33.4 Å². The number of para-hydroxylation sites is 1. The SMILES string of the molecule is CC(=O)Oc1ccccc1C(=O)OCCCCCC(=O)OC(C)(C)CC(=O)OC(C)(C)CCCCON. The van der Waals surface area contributed by atoms with E-state index in [0.717, 1.165) is 12.8 Å². The number of hydrogen-bond donors (Lipinski definition) is 1. The topological polar surface area (TPSA) is 140 Å². The zero-order chi connectivity index (χ0) is 27.9. The van der Waals surface area contributed by atoms with Gasteiger partial charge in [0.05, 0.1) is 19.6 Å². The van der Waals surface area contributed by atoms with Gasteiger partial charge in [-0.2, -0.15) is 0 Å². The first kappa shape index (κ1) is 32.0. The summed E-state index contributed by atoms with van der Waals surface area (Å²) in [7, 11) is 0. The number of nitrogens with two attached hydrogens (primary N) is 1. The number of rotatable bonds is 17. The Kier molecular flexibility index (Phi) is 13.8. The van der Waals surface area contributed by atoms with Crippen LogP contribution in [0.5, 0.6) is 5.75 Å². The summed E-state index contributed by atoms with van der Waals surface area (Å²) in [6.07, 6.45) is 4.09. The number of carbonyl (C=O) groups is 4. The number of hydrogen-bond acceptors (Lipinski definition) is 10. The largest absolute Gasteiger partial charge is 0.462 e. The minimum absolute atomic E-state index is 0.0567. The molecule has 1 aromatic rings. The van der Waals surface area contributed by atoms with E-state index in [4.69, 9.17) is 24.8 Å². The number of ether oxygens (including phenoxy) is 4. The Morgan fingerprint density at radius 2 is 1.46 bits per heavy atom. The van der Waals surface area contributed by atoms with Crippen molar-refractivity contribution >= 4 is 23.9 Å². The molecule has 0 spiro atoms. The third-order valence-corrected chi connectivity index (χ3v) is 5.26. The summed E-state index contributed by atoms with van der Waals surface area (Å²) in [4.78, 5) is 52.6. The van der Waals surface area contributed by atoms with Gasteiger partial charge in [0.15, 0.2) is 0 Å². The molecule has 0 saturated heterocycles. The van der Waals surface area contributed by atoms with Crippen molar-refractivity contribution in [1.82, 2.24) is 0 Å². The molecule has 0 bridgehead atoms. The minimum Gasteiger partial charge on any atom is -0.462 e. The van der Waals surface area contributed by atoms with Crippen molar-refractivity contribution in [1.29, 1.82) is 0 Å². The molecule has 1 aromatic carbocycles. The van der Waals surface area contributed by atoms with Crippen molar-refractivity contribution in [3.05, 3.63) is 29.8 Å². The van der Waals surface area contributed by atoms with Gasteiger partial charge in [0.25, 0.3) is 0 Å². The summed E-state index contributed by atoms with van der Waals surface area (Å²) in [6.45, 7) is 8.88. The zero-order valence-electron chi connectivity index (χ0n) is 22.6. The standard InChI is InChI=1S/C27H41NO9/c1-20(29)35-22-14-9-8-13-21(22)25(32)33-17-11-6-7-15-23(30)36-27(4,5)19-24(31)37-26(2,3)16-10-12-18-34-28/h8-9,13-14H,6-7,10-12,15-19,28H2,1-5H3. The molecule has 0 atom stereocenters. The minimum atomic E-state index is -0.998. The van der Waals surface area contributed by atoms with Gasteiger partial charge in [-0.3, -0.25) is 14.4 Å². The lowest BCUT2D eigenvalue weighted by molar-refractivity contribution is -0.169. The van der Waals surface area contributed by atoms with Crippen molar-refractivity contribution in [3.63, 3.8) is 0 Å². The van der Waals surface area contributed by atoms with Crippen LogP contribution in [0.15, 0.2) is 24.3 Å². The van der Waals surface area contributed by atoms with Crippen LogP contribution in [0.25, 0.3) is 0 Å². The molecule has 1 rings (SSSR count). The molecule has 0 radical (unpaired) electrons. The third kappa shape index (κ3) is 14.4. The molecule has 0 aromatic heterocycles. The fourth-order valence-corrected chi connectivity index (χ4v) is 3.54. The van der Waals surface area contributed by atoms with Gasteiger partial charge in [-0.25, -0.2) is 10.7 Å². The molecule has 0 saturated carbocycles. The molecule has 0 aliphatic rings. The maximum absolute atomic E-state index is 12.4. The molecule has 37 heavy (non-hydrogen) atoms. The molecule has 0 unspecified atom stereocenters. The molecule has 208 valence electrons. The summed E-state index contributed by atoms with van der Waals surface area (Å²) in [6, 6.07) is 6.35. The number of esters is 4. The fraction of sp³-hybridized carbons (Fsp3) is 0.630. The van der Waals surface area contributed by atoms with Gasteiger partial charge in [-0.1, -0.05) is 12.1 Å². The molecular formula is C27H41NO9. The second kappa shape index (κ2) is 16.0. The lowest BCUT2D eigenvalue weighted by atomic mass is 10.0. The van der Waals surface area contributed by atoms with E-state index in [1.165, 1.54) is 19.1 Å². The second-order valence-electron chi connectivity index (χ2n) is 10.0. The Hall–Kier alpha value is -2.98. The Bertz CT molecular complexity index is 896. The van der Waals surface area contributed by atoms with Gasteiger partial charge < -0.3 is 23.8 Å². The van der Waals surface area contributed by atoms with E-state index in [1.54, 1.807) is 26.0 Å². The van der Waals surface area contributed by atoms with E-state index < -0.39 is 35.1 Å². The van der Waals surface area contributed by atoms with E-state index in [9.17, 15) is 19.2 Å². The lowest BCUT2D eigenvalue weighted by Crippen LogP contribution is -2.35. The van der Waals surface area contributed by atoms with Gasteiger partial charge >= 0.3 is 23.9 Å². The average molecular weight is 524 g/mol. The zero-order valence-corrected chi connectivity index (χ0v) is 22.6. The van der Waals surface area contributed by atoms with Gasteiger partial charge in [-0.15, -0.1) is 0 Å². The summed E-state index contributed by atoms with van der Waals surface area (Å²) in [5.41, 5.74) is -1.47. The third-order valence-electron chi connectivity index (χ3n) is 5.26. The van der Waals surface area contributed by atoms with Crippen LogP contribution in [0, 0.1) is 0 Å². The van der Waals surface area contributed by atoms with Crippen LogP contribution in [0.3, 0.4) is 0 Å². The van der Waals surface area contributed by atoms with E-state index >= 15 is 0 Å². The highest BCUT2D eigenvalue weighted by atomic mass is 16.6. The Balaban J connectivity index is 2.30. The van der Waals surface area contributed by atoms with Crippen molar-refractivity contribution in [2.75, 3.05) is 13.2 Å². The van der Waals surface area contributed by atoms with Crippen LogP contribution in [-0.4, -0.2) is 48.3 Å². The van der Waals surface area contributed by atoms with Crippen molar-refractivity contribution in [2.45, 2.75) is 97.2 Å². The number of carbonyl (C=O) groups excluding carboxylic acids is 4. The monoisotopic (exact) mass is 523 g/mol. The Labute approximate surface area is 219 Å². The van der Waals surface area contributed by atoms with Gasteiger partial charge in [0.1, 0.15) is 22.5 Å². The van der Waals surface area contributed by atoms with Crippen LogP contribution in [0.2, 0.25) is 0 Å². The first-order valence-corrected chi connectivity index (χ1v) is 12.5. The molecule has 0 aliphatic heterocycles. The van der Waals surface area contributed by atoms with Gasteiger partial charge in [0.2, 0.25) is 0 Å². The predicted molar refractivity (Wildman–Crippen MR) is 135 cm³/mol. The molecule has 2 N–H and O–H groups in total. The maximum atomic E-state index is 12.4. The number of benzene rings is 1. The molecule has 0 aliphatic carbocycles. The summed E-state index contributed by atoms with van der Waals surface area (Å²) in [5, 5.41) is 0. The maximum Gasteiger partial charge on any atom is 0.341 e. The van der Waals surface area contributed by atoms with Crippen molar-refractivity contribution in [3.8, 4) is 5.75 Å². The van der Waals surface area contributed by atoms with Crippen molar-refractivity contribution < 1.29 is 43.0 Å². The van der Waals surface area contributed by atoms with E-state index in [1.807, 2.05) is 13.8 Å². The second-order valence-corrected chi connectivity index (χ2v) is 10.0. The summed E-state index contributed by atoms with van der Waals surface area (Å²) < 4.78 is 21.3. The van der Waals surface area contributed by atoms with Gasteiger partial charge in [0, 0.05) is 13.3 Å². The first-order valence-electron chi connectivity index (χ1n) is 12.5. The normalized spacial score (nSPS) is 11.5. The summed E-state index contributed by atoms with van der Waals surface area (Å²) in [5.74, 6) is 3.20. The highest BCUT2D eigenvalue weighted by Crippen LogP contribution is 2.23.